The van der Waals surface area contributed by atoms with Crippen LogP contribution in [-0.2, 0) is 0 Å². The Hall–Kier alpha value is -0.610. The van der Waals surface area contributed by atoms with Crippen LogP contribution in [0.2, 0.25) is 0 Å². The van der Waals surface area contributed by atoms with Gasteiger partial charge in [0.1, 0.15) is 0 Å². The van der Waals surface area contributed by atoms with Gasteiger partial charge in [-0.05, 0) is 76.6 Å². The summed E-state index contributed by atoms with van der Waals surface area (Å²) in [5, 5.41) is 0. The van der Waals surface area contributed by atoms with Crippen molar-refractivity contribution < 1.29 is 0 Å². The van der Waals surface area contributed by atoms with Crippen molar-refractivity contribution in [2.45, 2.75) is 141 Å². The molecule has 37 heavy (non-hydrogen) atoms. The molecule has 0 bridgehead atoms. The van der Waals surface area contributed by atoms with Crippen molar-refractivity contribution in [1.29, 1.82) is 0 Å². The number of hydrogen-bond donors (Lipinski definition) is 0. The minimum Gasteiger partial charge on any atom is -0.141 e. The van der Waals surface area contributed by atoms with Crippen LogP contribution in [0.4, 0.5) is 0 Å². The van der Waals surface area contributed by atoms with Crippen LogP contribution < -0.4 is 0 Å². The molecule has 1 aromatic rings. The first-order valence-electron chi connectivity index (χ1n) is 15.2. The molecule has 1 aromatic carbocycles. The molecule has 0 heterocycles. The fourth-order valence-corrected chi connectivity index (χ4v) is 5.05. The Kier molecular flexibility index (Phi) is 17.2. The smallest absolute Gasteiger partial charge is 0.0106 e. The lowest BCUT2D eigenvalue weighted by Crippen LogP contribution is -2.33. The maximum atomic E-state index is 4.12. The lowest BCUT2D eigenvalue weighted by atomic mass is 9.60. The summed E-state index contributed by atoms with van der Waals surface area (Å²) in [5.41, 5.74) is 2.84. The predicted octanol–water partition coefficient (Wildman–Crippen LogP) is 12.6. The van der Waals surface area contributed by atoms with E-state index in [0.717, 1.165) is 5.92 Å². The van der Waals surface area contributed by atoms with Gasteiger partial charge < -0.3 is 0 Å². The van der Waals surface area contributed by atoms with Gasteiger partial charge in [0.25, 0.3) is 0 Å². The molecule has 0 aliphatic carbocycles. The first-order valence-corrected chi connectivity index (χ1v) is 16.3. The summed E-state index contributed by atoms with van der Waals surface area (Å²) >= 11 is 0. The summed E-state index contributed by atoms with van der Waals surface area (Å²) in [5.74, 6) is 1.33. The molecule has 0 saturated carbocycles. The predicted molar refractivity (Wildman–Crippen MR) is 178 cm³/mol. The SMILES string of the molecule is C=CC(C)(C)C(C)(C)CCC(C)(C)CC(c1ccccc1)C(C)(C)CCC(C)(C)C(C)CC.CC.CP. The molecule has 3 unspecified atom stereocenters. The molecule has 3 atom stereocenters. The van der Waals surface area contributed by atoms with Crippen LogP contribution in [-0.4, -0.2) is 6.66 Å². The molecule has 0 spiro atoms. The van der Waals surface area contributed by atoms with Crippen LogP contribution >= 0.6 is 9.24 Å². The number of hydrogen-bond acceptors (Lipinski definition) is 0. The van der Waals surface area contributed by atoms with Crippen molar-refractivity contribution in [3.63, 3.8) is 0 Å². The van der Waals surface area contributed by atoms with Crippen molar-refractivity contribution in [1.82, 2.24) is 0 Å². The van der Waals surface area contributed by atoms with E-state index in [1.165, 1.54) is 44.1 Å². The van der Waals surface area contributed by atoms with Crippen LogP contribution in [0.15, 0.2) is 43.0 Å². The Labute approximate surface area is 238 Å². The normalized spacial score (nSPS) is 14.5. The first-order chi connectivity index (χ1) is 16.9. The van der Waals surface area contributed by atoms with Gasteiger partial charge in [0.05, 0.1) is 0 Å². The van der Waals surface area contributed by atoms with E-state index in [4.69, 9.17) is 0 Å². The Morgan fingerprint density at radius 1 is 0.757 bits per heavy atom. The highest BCUT2D eigenvalue weighted by molar-refractivity contribution is 7.15. The van der Waals surface area contributed by atoms with Gasteiger partial charge in [-0.25, -0.2) is 0 Å². The van der Waals surface area contributed by atoms with Crippen molar-refractivity contribution in [2.24, 2.45) is 33.0 Å². The highest BCUT2D eigenvalue weighted by Crippen LogP contribution is 2.51. The number of benzene rings is 1. The van der Waals surface area contributed by atoms with Crippen LogP contribution in [0.5, 0.6) is 0 Å². The molecule has 1 rings (SSSR count). The molecule has 0 nitrogen and oxygen atoms in total. The van der Waals surface area contributed by atoms with E-state index in [9.17, 15) is 0 Å². The van der Waals surface area contributed by atoms with E-state index < -0.39 is 0 Å². The second kappa shape index (κ2) is 16.5. The van der Waals surface area contributed by atoms with Crippen molar-refractivity contribution >= 4 is 9.24 Å². The van der Waals surface area contributed by atoms with Gasteiger partial charge in [0, 0.05) is 0 Å². The zero-order chi connectivity index (χ0) is 29.7. The van der Waals surface area contributed by atoms with E-state index in [-0.39, 0.29) is 16.2 Å². The standard InChI is InChI=1S/C33H58.C2H6.CH5P/c1-14-26(3)30(6,7)22-23-31(8,9)28(27-19-17-16-18-20-27)25-29(4,5)21-24-33(12,13)32(10,11)15-2;2*1-2/h15-20,26,28H,2,14,21-25H2,1,3-13H3;1-2H3;2H2,1H3. The molecular weight excluding hydrogens is 463 g/mol. The third-order valence-corrected chi connectivity index (χ3v) is 9.94. The molecule has 0 amide bonds. The van der Waals surface area contributed by atoms with Gasteiger partial charge in [0.15, 0.2) is 0 Å². The maximum absolute atomic E-state index is 4.12. The van der Waals surface area contributed by atoms with E-state index in [1.54, 1.807) is 0 Å². The van der Waals surface area contributed by atoms with Gasteiger partial charge in [-0.15, -0.1) is 15.8 Å². The van der Waals surface area contributed by atoms with Gasteiger partial charge in [0.2, 0.25) is 0 Å². The van der Waals surface area contributed by atoms with Gasteiger partial charge in [-0.1, -0.05) is 146 Å². The van der Waals surface area contributed by atoms with Gasteiger partial charge in [-0.3, -0.25) is 0 Å². The molecule has 1 heteroatoms. The van der Waals surface area contributed by atoms with Gasteiger partial charge in [-0.2, -0.15) is 0 Å². The third-order valence-electron chi connectivity index (χ3n) is 9.94. The first kappa shape index (κ1) is 38.5. The van der Waals surface area contributed by atoms with Crippen molar-refractivity contribution in [2.75, 3.05) is 6.66 Å². The monoisotopic (exact) mass is 533 g/mol. The largest absolute Gasteiger partial charge is 0.141 e. The molecule has 0 saturated heterocycles. The fraction of sp³-hybridized carbons (Fsp3) is 0.778. The highest BCUT2D eigenvalue weighted by Gasteiger charge is 2.39. The minimum atomic E-state index is 0.142. The molecule has 218 valence electrons. The lowest BCUT2D eigenvalue weighted by Gasteiger charge is -2.44. The quantitative estimate of drug-likeness (QED) is 0.165. The lowest BCUT2D eigenvalue weighted by molar-refractivity contribution is 0.101. The summed E-state index contributed by atoms with van der Waals surface area (Å²) in [6.07, 6.45) is 9.68. The highest BCUT2D eigenvalue weighted by atomic mass is 31.0. The van der Waals surface area contributed by atoms with Crippen molar-refractivity contribution in [3.05, 3.63) is 48.6 Å². The summed E-state index contributed by atoms with van der Waals surface area (Å²) in [4.78, 5) is 0. The summed E-state index contributed by atoms with van der Waals surface area (Å²) in [7, 11) is 2.42. The Morgan fingerprint density at radius 2 is 1.22 bits per heavy atom. The summed E-state index contributed by atoms with van der Waals surface area (Å²) in [6, 6.07) is 11.3. The number of allylic oxidation sites excluding steroid dienone is 1. The molecule has 0 aliphatic rings. The molecular formula is C36H69P. The minimum absolute atomic E-state index is 0.142. The summed E-state index contributed by atoms with van der Waals surface area (Å²) < 4.78 is 0. The van der Waals surface area contributed by atoms with Crippen LogP contribution in [0.25, 0.3) is 0 Å². The summed E-state index contributed by atoms with van der Waals surface area (Å²) in [6.45, 7) is 39.3. The average Bonchev–Trinajstić information content (AvgIpc) is 2.87. The van der Waals surface area contributed by atoms with E-state index in [0.29, 0.717) is 16.7 Å². The van der Waals surface area contributed by atoms with E-state index >= 15 is 0 Å². The van der Waals surface area contributed by atoms with Crippen LogP contribution in [0.3, 0.4) is 0 Å². The Morgan fingerprint density at radius 3 is 1.65 bits per heavy atom. The maximum Gasteiger partial charge on any atom is -0.0106 e. The van der Waals surface area contributed by atoms with Crippen LogP contribution in [0, 0.1) is 33.0 Å². The molecule has 0 aliphatic heterocycles. The molecule has 0 N–H and O–H groups in total. The second-order valence-electron chi connectivity index (χ2n) is 14.4. The molecule has 0 aromatic heterocycles. The topological polar surface area (TPSA) is 0 Å². The van der Waals surface area contributed by atoms with E-state index in [2.05, 4.69) is 135 Å². The second-order valence-corrected chi connectivity index (χ2v) is 14.4. The third kappa shape index (κ3) is 12.4. The zero-order valence-corrected chi connectivity index (χ0v) is 29.3. The van der Waals surface area contributed by atoms with Crippen molar-refractivity contribution in [3.8, 4) is 0 Å². The zero-order valence-electron chi connectivity index (χ0n) is 28.1. The fourth-order valence-electron chi connectivity index (χ4n) is 5.05. The number of rotatable bonds is 14. The molecule has 0 fully saturated rings. The average molecular weight is 533 g/mol. The molecule has 0 radical (unpaired) electrons. The van der Waals surface area contributed by atoms with E-state index in [1.807, 2.05) is 20.5 Å². The van der Waals surface area contributed by atoms with Gasteiger partial charge >= 0.3 is 0 Å². The Balaban J connectivity index is 0. The van der Waals surface area contributed by atoms with Crippen LogP contribution in [0.1, 0.15) is 147 Å². The Bertz CT molecular complexity index is 720.